The Kier molecular flexibility index (Phi) is 3.23. The van der Waals surface area contributed by atoms with Crippen molar-refractivity contribution in [2.45, 2.75) is 13.0 Å². The lowest BCUT2D eigenvalue weighted by molar-refractivity contribution is 0.0703. The molecule has 0 saturated heterocycles. The van der Waals surface area contributed by atoms with Gasteiger partial charge < -0.3 is 9.32 Å². The average Bonchev–Trinajstić information content (AvgIpc) is 2.60. The third kappa shape index (κ3) is 2.42. The van der Waals surface area contributed by atoms with Crippen molar-refractivity contribution in [2.24, 2.45) is 0 Å². The van der Waals surface area contributed by atoms with Crippen molar-refractivity contribution in [3.05, 3.63) is 81.7 Å². The van der Waals surface area contributed by atoms with Crippen LogP contribution in [0, 0.1) is 0 Å². The molecule has 3 aromatic rings. The molecule has 0 spiro atoms. The zero-order valence-corrected chi connectivity index (χ0v) is 12.5. The number of nitrogens with zero attached hydrogens (tertiary/aromatic N) is 1. The molecule has 23 heavy (non-hydrogen) atoms. The Labute approximate surface area is 133 Å². The van der Waals surface area contributed by atoms with Gasteiger partial charge in [-0.3, -0.25) is 9.59 Å². The summed E-state index contributed by atoms with van der Waals surface area (Å²) >= 11 is 0. The zero-order chi connectivity index (χ0) is 15.8. The summed E-state index contributed by atoms with van der Waals surface area (Å²) in [5, 5.41) is 0.494. The fraction of sp³-hybridized carbons (Fsp3) is 0.158. The smallest absolute Gasteiger partial charge is 0.290 e. The molecular formula is C19H15NO3. The summed E-state index contributed by atoms with van der Waals surface area (Å²) in [6, 6.07) is 16.4. The third-order valence-corrected chi connectivity index (χ3v) is 4.26. The number of carbonyl (C=O) groups excluding carboxylic acids is 1. The van der Waals surface area contributed by atoms with Gasteiger partial charge in [0.05, 0.1) is 5.39 Å². The van der Waals surface area contributed by atoms with E-state index < -0.39 is 0 Å². The average molecular weight is 305 g/mol. The molecule has 4 rings (SSSR count). The Morgan fingerprint density at radius 3 is 2.61 bits per heavy atom. The van der Waals surface area contributed by atoms with E-state index in [1.807, 2.05) is 18.2 Å². The van der Waals surface area contributed by atoms with Gasteiger partial charge in [0.15, 0.2) is 11.2 Å². The molecule has 2 aromatic carbocycles. The van der Waals surface area contributed by atoms with E-state index in [4.69, 9.17) is 4.42 Å². The SMILES string of the molecule is O=C(c1cc(=O)c2ccccc2o1)N1CCc2ccccc2C1. The second-order valence-electron chi connectivity index (χ2n) is 5.72. The minimum atomic E-state index is -0.234. The van der Waals surface area contributed by atoms with Crippen LogP contribution in [-0.4, -0.2) is 17.4 Å². The molecular weight excluding hydrogens is 290 g/mol. The van der Waals surface area contributed by atoms with Gasteiger partial charge in [0.2, 0.25) is 0 Å². The molecule has 0 aliphatic carbocycles. The predicted molar refractivity (Wildman–Crippen MR) is 87.4 cm³/mol. The number of carbonyl (C=O) groups is 1. The molecule has 0 N–H and O–H groups in total. The molecule has 4 heteroatoms. The van der Waals surface area contributed by atoms with E-state index in [1.165, 1.54) is 11.6 Å². The van der Waals surface area contributed by atoms with Gasteiger partial charge in [-0.1, -0.05) is 36.4 Å². The molecule has 4 nitrogen and oxygen atoms in total. The summed E-state index contributed by atoms with van der Waals surface area (Å²) in [5.41, 5.74) is 2.68. The van der Waals surface area contributed by atoms with Gasteiger partial charge >= 0.3 is 0 Å². The topological polar surface area (TPSA) is 50.5 Å². The molecule has 2 heterocycles. The number of amides is 1. The summed E-state index contributed by atoms with van der Waals surface area (Å²) in [5.74, 6) is -0.129. The van der Waals surface area contributed by atoms with Crippen molar-refractivity contribution in [2.75, 3.05) is 6.54 Å². The lowest BCUT2D eigenvalue weighted by Gasteiger charge is -2.28. The highest BCUT2D eigenvalue weighted by atomic mass is 16.3. The van der Waals surface area contributed by atoms with Crippen molar-refractivity contribution in [3.63, 3.8) is 0 Å². The largest absolute Gasteiger partial charge is 0.451 e. The van der Waals surface area contributed by atoms with Gasteiger partial charge in [-0.25, -0.2) is 0 Å². The lowest BCUT2D eigenvalue weighted by Crippen LogP contribution is -2.36. The number of para-hydroxylation sites is 1. The van der Waals surface area contributed by atoms with Crippen LogP contribution in [0.2, 0.25) is 0 Å². The third-order valence-electron chi connectivity index (χ3n) is 4.26. The van der Waals surface area contributed by atoms with Crippen LogP contribution in [0.15, 0.2) is 63.8 Å². The Morgan fingerprint density at radius 1 is 1.00 bits per heavy atom. The van der Waals surface area contributed by atoms with Crippen LogP contribution in [0.25, 0.3) is 11.0 Å². The number of hydrogen-bond donors (Lipinski definition) is 0. The molecule has 0 radical (unpaired) electrons. The van der Waals surface area contributed by atoms with Crippen molar-refractivity contribution < 1.29 is 9.21 Å². The predicted octanol–water partition coefficient (Wildman–Crippen LogP) is 2.99. The minimum absolute atomic E-state index is 0.105. The van der Waals surface area contributed by atoms with Crippen molar-refractivity contribution in [1.82, 2.24) is 4.90 Å². The van der Waals surface area contributed by atoms with Crippen LogP contribution in [0.1, 0.15) is 21.7 Å². The number of rotatable bonds is 1. The number of hydrogen-bond acceptors (Lipinski definition) is 3. The minimum Gasteiger partial charge on any atom is -0.451 e. The number of fused-ring (bicyclic) bond motifs is 2. The van der Waals surface area contributed by atoms with Gasteiger partial charge in [0.25, 0.3) is 5.91 Å². The quantitative estimate of drug-likeness (QED) is 0.694. The van der Waals surface area contributed by atoms with Crippen LogP contribution in [0.3, 0.4) is 0 Å². The van der Waals surface area contributed by atoms with Crippen molar-refractivity contribution in [3.8, 4) is 0 Å². The first-order chi connectivity index (χ1) is 11.2. The standard InChI is InChI=1S/C19H15NO3/c21-16-11-18(23-17-8-4-3-7-15(16)17)19(22)20-10-9-13-5-1-2-6-14(13)12-20/h1-8,11H,9-10,12H2. The zero-order valence-electron chi connectivity index (χ0n) is 12.5. The van der Waals surface area contributed by atoms with E-state index >= 15 is 0 Å². The molecule has 1 amide bonds. The maximum Gasteiger partial charge on any atom is 0.290 e. The fourth-order valence-corrected chi connectivity index (χ4v) is 3.03. The van der Waals surface area contributed by atoms with E-state index in [9.17, 15) is 9.59 Å². The highest BCUT2D eigenvalue weighted by Gasteiger charge is 2.23. The first-order valence-electron chi connectivity index (χ1n) is 7.61. The summed E-state index contributed by atoms with van der Waals surface area (Å²) in [4.78, 5) is 26.6. The molecule has 0 atom stereocenters. The van der Waals surface area contributed by atoms with E-state index in [-0.39, 0.29) is 17.1 Å². The Balaban J connectivity index is 1.69. The van der Waals surface area contributed by atoms with Gasteiger partial charge in [-0.2, -0.15) is 0 Å². The molecule has 0 fully saturated rings. The van der Waals surface area contributed by atoms with Crippen LogP contribution in [0.4, 0.5) is 0 Å². The molecule has 1 aromatic heterocycles. The highest BCUT2D eigenvalue weighted by Crippen LogP contribution is 2.21. The van der Waals surface area contributed by atoms with E-state index in [0.29, 0.717) is 24.1 Å². The van der Waals surface area contributed by atoms with Crippen LogP contribution in [-0.2, 0) is 13.0 Å². The van der Waals surface area contributed by atoms with E-state index in [1.54, 1.807) is 29.2 Å². The van der Waals surface area contributed by atoms with Gasteiger partial charge in [-0.15, -0.1) is 0 Å². The fourth-order valence-electron chi connectivity index (χ4n) is 3.03. The second-order valence-corrected chi connectivity index (χ2v) is 5.72. The monoisotopic (exact) mass is 305 g/mol. The highest BCUT2D eigenvalue weighted by molar-refractivity contribution is 5.93. The van der Waals surface area contributed by atoms with Gasteiger partial charge in [0, 0.05) is 19.2 Å². The molecule has 0 bridgehead atoms. The normalized spacial score (nSPS) is 13.8. The Hall–Kier alpha value is -2.88. The maximum absolute atomic E-state index is 12.7. The van der Waals surface area contributed by atoms with Gasteiger partial charge in [-0.05, 0) is 29.7 Å². The molecule has 1 aliphatic rings. The lowest BCUT2D eigenvalue weighted by atomic mass is 10.00. The van der Waals surface area contributed by atoms with Crippen molar-refractivity contribution in [1.29, 1.82) is 0 Å². The van der Waals surface area contributed by atoms with Crippen LogP contribution >= 0.6 is 0 Å². The van der Waals surface area contributed by atoms with E-state index in [2.05, 4.69) is 6.07 Å². The molecule has 0 unspecified atom stereocenters. The van der Waals surface area contributed by atoms with E-state index in [0.717, 1.165) is 12.0 Å². The first-order valence-corrected chi connectivity index (χ1v) is 7.61. The first kappa shape index (κ1) is 13.8. The molecule has 0 saturated carbocycles. The van der Waals surface area contributed by atoms with Crippen molar-refractivity contribution >= 4 is 16.9 Å². The van der Waals surface area contributed by atoms with Crippen LogP contribution < -0.4 is 5.43 Å². The summed E-state index contributed by atoms with van der Waals surface area (Å²) in [6.07, 6.45) is 0.819. The summed E-state index contributed by atoms with van der Waals surface area (Å²) < 4.78 is 5.65. The summed E-state index contributed by atoms with van der Waals surface area (Å²) in [6.45, 7) is 1.18. The summed E-state index contributed by atoms with van der Waals surface area (Å²) in [7, 11) is 0. The maximum atomic E-state index is 12.7. The Morgan fingerprint density at radius 2 is 1.74 bits per heavy atom. The molecule has 114 valence electrons. The molecule has 1 aliphatic heterocycles. The van der Waals surface area contributed by atoms with Gasteiger partial charge in [0.1, 0.15) is 5.58 Å². The number of benzene rings is 2. The second kappa shape index (κ2) is 5.39. The Bertz CT molecular complexity index is 958. The van der Waals surface area contributed by atoms with Crippen LogP contribution in [0.5, 0.6) is 0 Å².